The lowest BCUT2D eigenvalue weighted by atomic mass is 10.1. The fourth-order valence-corrected chi connectivity index (χ4v) is 3.62. The third kappa shape index (κ3) is 3.80. The molecule has 2 amide bonds. The summed E-state index contributed by atoms with van der Waals surface area (Å²) in [6.07, 6.45) is 4.54. The number of carbonyl (C=O) groups is 2. The smallest absolute Gasteiger partial charge is 0.228 e. The Bertz CT molecular complexity index is 562. The summed E-state index contributed by atoms with van der Waals surface area (Å²) >= 11 is 0. The van der Waals surface area contributed by atoms with Gasteiger partial charge in [-0.3, -0.25) is 14.5 Å². The largest absolute Gasteiger partial charge is 0.353 e. The Hall–Kier alpha value is -1.82. The van der Waals surface area contributed by atoms with Crippen molar-refractivity contribution < 1.29 is 9.59 Å². The normalized spacial score (nSPS) is 22.6. The summed E-state index contributed by atoms with van der Waals surface area (Å²) in [6.45, 7) is 9.99. The third-order valence-electron chi connectivity index (χ3n) is 5.16. The molecule has 0 aliphatic carbocycles. The zero-order valence-electron chi connectivity index (χ0n) is 14.7. The van der Waals surface area contributed by atoms with Gasteiger partial charge in [0.25, 0.3) is 0 Å². The molecule has 0 bridgehead atoms. The van der Waals surface area contributed by atoms with E-state index in [4.69, 9.17) is 0 Å². The van der Waals surface area contributed by atoms with Crippen LogP contribution in [0.3, 0.4) is 0 Å². The Kier molecular flexibility index (Phi) is 5.23. The van der Waals surface area contributed by atoms with Crippen LogP contribution in [0.2, 0.25) is 0 Å². The van der Waals surface area contributed by atoms with Crippen LogP contribution in [-0.4, -0.2) is 76.4 Å². The van der Waals surface area contributed by atoms with E-state index in [0.29, 0.717) is 13.0 Å². The Morgan fingerprint density at radius 2 is 1.79 bits per heavy atom. The van der Waals surface area contributed by atoms with Crippen molar-refractivity contribution in [2.45, 2.75) is 32.9 Å². The summed E-state index contributed by atoms with van der Waals surface area (Å²) in [5.74, 6) is 0.136. The summed E-state index contributed by atoms with van der Waals surface area (Å²) < 4.78 is 2.18. The van der Waals surface area contributed by atoms with Crippen LogP contribution < -0.4 is 0 Å². The van der Waals surface area contributed by atoms with E-state index in [0.717, 1.165) is 39.3 Å². The summed E-state index contributed by atoms with van der Waals surface area (Å²) in [5.41, 5.74) is 0. The van der Waals surface area contributed by atoms with Gasteiger partial charge in [-0.1, -0.05) is 0 Å². The molecule has 0 unspecified atom stereocenters. The van der Waals surface area contributed by atoms with Crippen molar-refractivity contribution in [3.05, 3.63) is 24.5 Å². The molecule has 1 atom stereocenters. The molecule has 24 heavy (non-hydrogen) atoms. The van der Waals surface area contributed by atoms with Gasteiger partial charge in [0.2, 0.25) is 11.8 Å². The predicted molar refractivity (Wildman–Crippen MR) is 92.4 cm³/mol. The fourth-order valence-electron chi connectivity index (χ4n) is 3.62. The van der Waals surface area contributed by atoms with Crippen LogP contribution in [0.1, 0.15) is 20.3 Å². The predicted octanol–water partition coefficient (Wildman–Crippen LogP) is 0.889. The lowest BCUT2D eigenvalue weighted by molar-refractivity contribution is -0.137. The molecule has 0 N–H and O–H groups in total. The van der Waals surface area contributed by atoms with Gasteiger partial charge >= 0.3 is 0 Å². The molecular formula is C18H28N4O2. The van der Waals surface area contributed by atoms with E-state index in [9.17, 15) is 9.59 Å². The second kappa shape index (κ2) is 7.38. The molecule has 1 aromatic heterocycles. The first-order valence-corrected chi connectivity index (χ1v) is 8.96. The quantitative estimate of drug-likeness (QED) is 0.805. The zero-order valence-corrected chi connectivity index (χ0v) is 14.7. The number of aromatic nitrogens is 1. The van der Waals surface area contributed by atoms with Gasteiger partial charge in [0.05, 0.1) is 5.92 Å². The number of likely N-dealkylation sites (tertiary alicyclic amines) is 1. The maximum absolute atomic E-state index is 12.7. The standard InChI is InChI=1S/C18H28N4O2/c1-15(2)22-14-16(13-17(22)23)18(24)21-11-9-20(10-12-21)8-7-19-5-3-4-6-19/h3-6,15-16H,7-14H2,1-2H3/t16-/m0/s1. The maximum atomic E-state index is 12.7. The molecule has 2 saturated heterocycles. The van der Waals surface area contributed by atoms with E-state index < -0.39 is 0 Å². The second-order valence-corrected chi connectivity index (χ2v) is 7.13. The van der Waals surface area contributed by atoms with Gasteiger partial charge in [0, 0.05) is 70.7 Å². The first-order valence-electron chi connectivity index (χ1n) is 8.96. The average Bonchev–Trinajstić information content (AvgIpc) is 3.22. The second-order valence-electron chi connectivity index (χ2n) is 7.13. The van der Waals surface area contributed by atoms with Gasteiger partial charge in [-0.25, -0.2) is 0 Å². The van der Waals surface area contributed by atoms with Gasteiger partial charge in [-0.15, -0.1) is 0 Å². The summed E-state index contributed by atoms with van der Waals surface area (Å²) in [4.78, 5) is 30.9. The molecule has 3 heterocycles. The number of nitrogens with zero attached hydrogens (tertiary/aromatic N) is 4. The SMILES string of the molecule is CC(C)N1C[C@@H](C(=O)N2CCN(CCn3cccc3)CC2)CC1=O. The van der Waals surface area contributed by atoms with Gasteiger partial charge < -0.3 is 14.4 Å². The number of hydrogen-bond donors (Lipinski definition) is 0. The first-order chi connectivity index (χ1) is 11.5. The van der Waals surface area contributed by atoms with E-state index in [1.54, 1.807) is 0 Å². The molecule has 0 radical (unpaired) electrons. The van der Waals surface area contributed by atoms with E-state index in [1.807, 2.05) is 35.8 Å². The lowest BCUT2D eigenvalue weighted by Gasteiger charge is -2.36. The number of piperazine rings is 1. The summed E-state index contributed by atoms with van der Waals surface area (Å²) in [7, 11) is 0. The zero-order chi connectivity index (χ0) is 17.1. The minimum Gasteiger partial charge on any atom is -0.353 e. The van der Waals surface area contributed by atoms with Crippen LogP contribution in [0, 0.1) is 5.92 Å². The highest BCUT2D eigenvalue weighted by atomic mass is 16.2. The van der Waals surface area contributed by atoms with Gasteiger partial charge in [0.1, 0.15) is 0 Å². The van der Waals surface area contributed by atoms with Crippen molar-refractivity contribution in [3.63, 3.8) is 0 Å². The Balaban J connectivity index is 1.44. The molecule has 3 rings (SSSR count). The van der Waals surface area contributed by atoms with Crippen LogP contribution >= 0.6 is 0 Å². The Labute approximate surface area is 144 Å². The molecule has 0 aromatic carbocycles. The Morgan fingerprint density at radius 1 is 1.12 bits per heavy atom. The molecule has 2 aliphatic heterocycles. The minimum absolute atomic E-state index is 0.119. The van der Waals surface area contributed by atoms with Crippen LogP contribution in [-0.2, 0) is 16.1 Å². The number of amides is 2. The molecule has 0 spiro atoms. The van der Waals surface area contributed by atoms with Crippen LogP contribution in [0.5, 0.6) is 0 Å². The molecule has 6 nitrogen and oxygen atoms in total. The summed E-state index contributed by atoms with van der Waals surface area (Å²) in [5, 5.41) is 0. The van der Waals surface area contributed by atoms with E-state index in [-0.39, 0.29) is 23.8 Å². The van der Waals surface area contributed by atoms with Crippen molar-refractivity contribution in [3.8, 4) is 0 Å². The molecule has 1 aromatic rings. The average molecular weight is 332 g/mol. The molecule has 6 heteroatoms. The molecular weight excluding hydrogens is 304 g/mol. The molecule has 132 valence electrons. The molecule has 0 saturated carbocycles. The highest BCUT2D eigenvalue weighted by Crippen LogP contribution is 2.22. The highest BCUT2D eigenvalue weighted by molar-refractivity contribution is 5.89. The number of rotatable bonds is 5. The molecule has 2 fully saturated rings. The van der Waals surface area contributed by atoms with Gasteiger partial charge in [0.15, 0.2) is 0 Å². The van der Waals surface area contributed by atoms with E-state index >= 15 is 0 Å². The maximum Gasteiger partial charge on any atom is 0.228 e. The van der Waals surface area contributed by atoms with Crippen molar-refractivity contribution >= 4 is 11.8 Å². The minimum atomic E-state index is -0.147. The van der Waals surface area contributed by atoms with Crippen LogP contribution in [0.4, 0.5) is 0 Å². The lowest BCUT2D eigenvalue weighted by Crippen LogP contribution is -2.51. The van der Waals surface area contributed by atoms with Crippen molar-refractivity contribution in [2.24, 2.45) is 5.92 Å². The third-order valence-corrected chi connectivity index (χ3v) is 5.16. The Morgan fingerprint density at radius 3 is 2.38 bits per heavy atom. The number of hydrogen-bond acceptors (Lipinski definition) is 3. The van der Waals surface area contributed by atoms with Gasteiger partial charge in [-0.05, 0) is 26.0 Å². The number of carbonyl (C=O) groups excluding carboxylic acids is 2. The van der Waals surface area contributed by atoms with Crippen molar-refractivity contribution in [1.29, 1.82) is 0 Å². The van der Waals surface area contributed by atoms with Crippen molar-refractivity contribution in [1.82, 2.24) is 19.3 Å². The monoisotopic (exact) mass is 332 g/mol. The summed E-state index contributed by atoms with van der Waals surface area (Å²) in [6, 6.07) is 4.26. The van der Waals surface area contributed by atoms with Gasteiger partial charge in [-0.2, -0.15) is 0 Å². The first kappa shape index (κ1) is 17.0. The highest BCUT2D eigenvalue weighted by Gasteiger charge is 2.38. The van der Waals surface area contributed by atoms with E-state index in [2.05, 4.69) is 21.9 Å². The molecule has 2 aliphatic rings. The van der Waals surface area contributed by atoms with Crippen LogP contribution in [0.25, 0.3) is 0 Å². The topological polar surface area (TPSA) is 48.8 Å². The fraction of sp³-hybridized carbons (Fsp3) is 0.667. The van der Waals surface area contributed by atoms with Crippen molar-refractivity contribution in [2.75, 3.05) is 39.3 Å². The van der Waals surface area contributed by atoms with Crippen LogP contribution in [0.15, 0.2) is 24.5 Å². The van der Waals surface area contributed by atoms with E-state index in [1.165, 1.54) is 0 Å².